The smallest absolute Gasteiger partial charge is 0.232 e. The van der Waals surface area contributed by atoms with Crippen LogP contribution in [-0.4, -0.2) is 20.7 Å². The molecule has 0 bridgehead atoms. The van der Waals surface area contributed by atoms with E-state index in [4.69, 9.17) is 23.2 Å². The summed E-state index contributed by atoms with van der Waals surface area (Å²) in [4.78, 5) is 13.6. The van der Waals surface area contributed by atoms with Crippen LogP contribution in [0.25, 0.3) is 5.69 Å². The Morgan fingerprint density at radius 1 is 0.816 bits per heavy atom. The number of nitrogens with one attached hydrogen (secondary N) is 1. The number of aromatic nitrogens is 3. The van der Waals surface area contributed by atoms with Crippen molar-refractivity contribution in [2.24, 2.45) is 0 Å². The highest BCUT2D eigenvalue weighted by atomic mass is 35.5. The summed E-state index contributed by atoms with van der Waals surface area (Å²) in [6, 6.07) is 34.9. The normalized spacial score (nSPS) is 11.0. The molecule has 4 aromatic carbocycles. The Morgan fingerprint density at radius 2 is 1.42 bits per heavy atom. The average molecular weight is 560 g/mol. The van der Waals surface area contributed by atoms with Crippen molar-refractivity contribution in [1.29, 1.82) is 0 Å². The van der Waals surface area contributed by atoms with Crippen LogP contribution in [0.3, 0.4) is 0 Å². The third-order valence-corrected chi connectivity index (χ3v) is 7.55. The number of halogens is 2. The molecular weight excluding hydrogens is 535 g/mol. The molecule has 5 aromatic rings. The minimum atomic E-state index is -0.459. The number of hydrogen-bond donors (Lipinski definition) is 1. The molecule has 0 fully saturated rings. The molecule has 5 nitrogen and oxygen atoms in total. The third kappa shape index (κ3) is 6.10. The van der Waals surface area contributed by atoms with Gasteiger partial charge in [0.25, 0.3) is 0 Å². The molecule has 0 radical (unpaired) electrons. The Balaban J connectivity index is 1.43. The second-order valence-electron chi connectivity index (χ2n) is 8.58. The lowest BCUT2D eigenvalue weighted by Gasteiger charge is -2.18. The maximum atomic E-state index is 13.6. The second-order valence-corrected chi connectivity index (χ2v) is 10.4. The summed E-state index contributed by atoms with van der Waals surface area (Å²) >= 11 is 14.3. The highest BCUT2D eigenvalue weighted by molar-refractivity contribution is 7.98. The van der Waals surface area contributed by atoms with Crippen molar-refractivity contribution >= 4 is 40.9 Å². The van der Waals surface area contributed by atoms with Gasteiger partial charge in [-0.25, -0.2) is 0 Å². The van der Waals surface area contributed by atoms with Crippen LogP contribution in [0.2, 0.25) is 10.0 Å². The zero-order chi connectivity index (χ0) is 26.3. The molecule has 0 aliphatic carbocycles. The van der Waals surface area contributed by atoms with Crippen molar-refractivity contribution in [3.8, 4) is 5.69 Å². The molecule has 0 aliphatic heterocycles. The average Bonchev–Trinajstić information content (AvgIpc) is 3.35. The van der Waals surface area contributed by atoms with Crippen LogP contribution in [0, 0.1) is 0 Å². The lowest BCUT2D eigenvalue weighted by molar-refractivity contribution is -0.121. The number of benzene rings is 4. The van der Waals surface area contributed by atoms with Crippen molar-refractivity contribution in [3.63, 3.8) is 0 Å². The first-order valence-electron chi connectivity index (χ1n) is 12.0. The van der Waals surface area contributed by atoms with Crippen LogP contribution in [0.15, 0.2) is 114 Å². The summed E-state index contributed by atoms with van der Waals surface area (Å²) < 4.78 is 1.88. The molecule has 8 heteroatoms. The summed E-state index contributed by atoms with van der Waals surface area (Å²) in [5, 5.41) is 13.6. The molecule has 1 amide bonds. The number of amides is 1. The molecule has 0 atom stereocenters. The number of rotatable bonds is 9. The first kappa shape index (κ1) is 26.0. The van der Waals surface area contributed by atoms with Crippen LogP contribution >= 0.6 is 35.0 Å². The standard InChI is InChI=1S/C30H24Cl2N4OS/c31-24-16-17-26(25(32)18-24)36-27(34-35-30(36)38-20-21-10-4-1-5-11-21)19-33-29(37)28(22-12-6-2-7-13-22)23-14-8-3-9-15-23/h1-18,28H,19-20H2,(H,33,37). The quantitative estimate of drug-likeness (QED) is 0.192. The van der Waals surface area contributed by atoms with Gasteiger partial charge in [0.05, 0.1) is 23.2 Å². The predicted molar refractivity (Wildman–Crippen MR) is 154 cm³/mol. The van der Waals surface area contributed by atoms with Crippen LogP contribution < -0.4 is 5.32 Å². The minimum absolute atomic E-state index is 0.127. The van der Waals surface area contributed by atoms with Gasteiger partial charge in [-0.3, -0.25) is 9.36 Å². The van der Waals surface area contributed by atoms with Gasteiger partial charge in [0, 0.05) is 10.8 Å². The number of hydrogen-bond acceptors (Lipinski definition) is 4. The number of thioether (sulfide) groups is 1. The third-order valence-electron chi connectivity index (χ3n) is 6.01. The van der Waals surface area contributed by atoms with Crippen molar-refractivity contribution in [1.82, 2.24) is 20.1 Å². The summed E-state index contributed by atoms with van der Waals surface area (Å²) in [6.45, 7) is 0.173. The van der Waals surface area contributed by atoms with Gasteiger partial charge in [0.15, 0.2) is 11.0 Å². The fourth-order valence-corrected chi connectivity index (χ4v) is 5.60. The first-order valence-corrected chi connectivity index (χ1v) is 13.8. The zero-order valence-corrected chi connectivity index (χ0v) is 22.6. The van der Waals surface area contributed by atoms with Crippen molar-refractivity contribution in [2.45, 2.75) is 23.4 Å². The number of nitrogens with zero attached hydrogens (tertiary/aromatic N) is 3. The summed E-state index contributed by atoms with van der Waals surface area (Å²) in [5.74, 6) is 0.691. The molecule has 5 rings (SSSR count). The Labute approximate surface area is 235 Å². The lowest BCUT2D eigenvalue weighted by atomic mass is 9.90. The molecular formula is C30H24Cl2N4OS. The van der Waals surface area contributed by atoms with Gasteiger partial charge in [0.2, 0.25) is 5.91 Å². The largest absolute Gasteiger partial charge is 0.348 e. The van der Waals surface area contributed by atoms with E-state index in [2.05, 4.69) is 27.6 Å². The SMILES string of the molecule is O=C(NCc1nnc(SCc2ccccc2)n1-c1ccc(Cl)cc1Cl)C(c1ccccc1)c1ccccc1. The van der Waals surface area contributed by atoms with E-state index in [1.165, 1.54) is 0 Å². The minimum Gasteiger partial charge on any atom is -0.348 e. The Hall–Kier alpha value is -3.58. The van der Waals surface area contributed by atoms with Gasteiger partial charge in [-0.1, -0.05) is 126 Å². The monoisotopic (exact) mass is 558 g/mol. The molecule has 0 unspecified atom stereocenters. The Bertz CT molecular complexity index is 1470. The molecule has 0 aliphatic rings. The molecule has 0 saturated heterocycles. The molecule has 1 heterocycles. The van der Waals surface area contributed by atoms with E-state index >= 15 is 0 Å². The van der Waals surface area contributed by atoms with E-state index in [0.717, 1.165) is 16.7 Å². The number of carbonyl (C=O) groups is 1. The molecule has 0 saturated carbocycles. The lowest BCUT2D eigenvalue weighted by Crippen LogP contribution is -2.30. The summed E-state index contributed by atoms with van der Waals surface area (Å²) in [7, 11) is 0. The number of carbonyl (C=O) groups excluding carboxylic acids is 1. The fourth-order valence-electron chi connectivity index (χ4n) is 4.19. The zero-order valence-electron chi connectivity index (χ0n) is 20.3. The van der Waals surface area contributed by atoms with E-state index in [0.29, 0.717) is 32.5 Å². The summed E-state index contributed by atoms with van der Waals surface area (Å²) in [5.41, 5.74) is 3.69. The topological polar surface area (TPSA) is 59.8 Å². The van der Waals surface area contributed by atoms with Gasteiger partial charge >= 0.3 is 0 Å². The van der Waals surface area contributed by atoms with Crippen molar-refractivity contribution in [3.05, 3.63) is 142 Å². The van der Waals surface area contributed by atoms with E-state index in [-0.39, 0.29) is 12.5 Å². The molecule has 190 valence electrons. The maximum Gasteiger partial charge on any atom is 0.232 e. The molecule has 1 aromatic heterocycles. The maximum absolute atomic E-state index is 13.6. The first-order chi connectivity index (χ1) is 18.6. The molecule has 0 spiro atoms. The summed E-state index contributed by atoms with van der Waals surface area (Å²) in [6.07, 6.45) is 0. The Morgan fingerprint density at radius 3 is 2.03 bits per heavy atom. The van der Waals surface area contributed by atoms with Crippen molar-refractivity contribution in [2.75, 3.05) is 0 Å². The van der Waals surface area contributed by atoms with Crippen LogP contribution in [-0.2, 0) is 17.1 Å². The van der Waals surface area contributed by atoms with E-state index in [1.54, 1.807) is 23.9 Å². The van der Waals surface area contributed by atoms with Crippen LogP contribution in [0.5, 0.6) is 0 Å². The van der Waals surface area contributed by atoms with Crippen LogP contribution in [0.4, 0.5) is 0 Å². The second kappa shape index (κ2) is 12.3. The highest BCUT2D eigenvalue weighted by Crippen LogP contribution is 2.31. The van der Waals surface area contributed by atoms with Crippen molar-refractivity contribution < 1.29 is 4.79 Å². The van der Waals surface area contributed by atoms with Gasteiger partial charge in [-0.05, 0) is 34.9 Å². The van der Waals surface area contributed by atoms with Gasteiger partial charge < -0.3 is 5.32 Å². The van der Waals surface area contributed by atoms with Gasteiger partial charge in [-0.15, -0.1) is 10.2 Å². The highest BCUT2D eigenvalue weighted by Gasteiger charge is 2.24. The molecule has 1 N–H and O–H groups in total. The Kier molecular flexibility index (Phi) is 8.44. The van der Waals surface area contributed by atoms with Gasteiger partial charge in [-0.2, -0.15) is 0 Å². The predicted octanol–water partition coefficient (Wildman–Crippen LogP) is 7.31. The van der Waals surface area contributed by atoms with Crippen LogP contribution in [0.1, 0.15) is 28.4 Å². The van der Waals surface area contributed by atoms with Gasteiger partial charge in [0.1, 0.15) is 0 Å². The van der Waals surface area contributed by atoms with E-state index < -0.39 is 5.92 Å². The van der Waals surface area contributed by atoms with E-state index in [9.17, 15) is 4.79 Å². The van der Waals surface area contributed by atoms with E-state index in [1.807, 2.05) is 89.5 Å². The molecule has 38 heavy (non-hydrogen) atoms. The fraction of sp³-hybridized carbons (Fsp3) is 0.100.